The molecule has 0 radical (unpaired) electrons. The summed E-state index contributed by atoms with van der Waals surface area (Å²) in [6.07, 6.45) is 10.6. The number of carbonyl (C=O) groups excluding carboxylic acids is 2. The molecule has 0 aromatic carbocycles. The van der Waals surface area contributed by atoms with Crippen LogP contribution in [-0.2, 0) is 9.59 Å². The fourth-order valence-corrected chi connectivity index (χ4v) is 4.55. The van der Waals surface area contributed by atoms with Gasteiger partial charge in [0.25, 0.3) is 0 Å². The molecule has 1 spiro atoms. The molecular weight excluding hydrogens is 264 g/mol. The molecule has 2 aliphatic carbocycles. The first-order valence-electron chi connectivity index (χ1n) is 8.42. The number of amides is 2. The summed E-state index contributed by atoms with van der Waals surface area (Å²) in [5, 5.41) is 9.75. The molecule has 0 aromatic heterocycles. The number of nitrogens with zero attached hydrogens (tertiary/aromatic N) is 2. The van der Waals surface area contributed by atoms with Crippen LogP contribution in [0.4, 0.5) is 0 Å². The lowest BCUT2D eigenvalue weighted by Crippen LogP contribution is -2.52. The molecule has 0 N–H and O–H groups in total. The van der Waals surface area contributed by atoms with E-state index < -0.39 is 11.0 Å². The third kappa shape index (κ3) is 2.27. The molecule has 2 amide bonds. The fraction of sp³-hybridized carbons (Fsp3) is 0.824. The molecule has 4 nitrogen and oxygen atoms in total. The minimum absolute atomic E-state index is 0.0318. The Bertz CT molecular complexity index is 478. The molecular formula is C17H24N2O2. The van der Waals surface area contributed by atoms with E-state index in [1.54, 1.807) is 0 Å². The summed E-state index contributed by atoms with van der Waals surface area (Å²) in [6.45, 7) is 0. The Morgan fingerprint density at radius 1 is 0.857 bits per heavy atom. The van der Waals surface area contributed by atoms with Gasteiger partial charge in [-0.05, 0) is 25.7 Å². The van der Waals surface area contributed by atoms with Gasteiger partial charge in [0.2, 0.25) is 11.8 Å². The van der Waals surface area contributed by atoms with Crippen molar-refractivity contribution >= 4 is 11.8 Å². The molecule has 0 bridgehead atoms. The van der Waals surface area contributed by atoms with E-state index in [9.17, 15) is 14.9 Å². The standard InChI is InChI=1S/C17H24N2O2/c18-13-17(10-6-1-2-7-11-17)19-14(20)12-16(15(19)21)8-4-3-5-9-16/h1-12H2. The van der Waals surface area contributed by atoms with Crippen molar-refractivity contribution in [3.05, 3.63) is 0 Å². The van der Waals surface area contributed by atoms with Gasteiger partial charge < -0.3 is 0 Å². The fourth-order valence-electron chi connectivity index (χ4n) is 4.55. The third-order valence-electron chi connectivity index (χ3n) is 5.77. The average Bonchev–Trinajstić information content (AvgIpc) is 2.68. The Morgan fingerprint density at radius 2 is 1.38 bits per heavy atom. The zero-order valence-electron chi connectivity index (χ0n) is 12.7. The maximum atomic E-state index is 13.0. The van der Waals surface area contributed by atoms with Crippen molar-refractivity contribution in [3.8, 4) is 6.07 Å². The van der Waals surface area contributed by atoms with E-state index in [4.69, 9.17) is 0 Å². The molecule has 3 rings (SSSR count). The van der Waals surface area contributed by atoms with Crippen LogP contribution in [0.15, 0.2) is 0 Å². The number of rotatable bonds is 1. The van der Waals surface area contributed by atoms with Crippen molar-refractivity contribution in [2.45, 2.75) is 82.6 Å². The number of nitriles is 1. The van der Waals surface area contributed by atoms with Gasteiger partial charge in [0.1, 0.15) is 5.54 Å². The first-order valence-corrected chi connectivity index (χ1v) is 8.42. The molecule has 1 saturated heterocycles. The minimum Gasteiger partial charge on any atom is -0.274 e. The predicted octanol–water partition coefficient (Wildman–Crippen LogP) is 3.31. The van der Waals surface area contributed by atoms with E-state index in [-0.39, 0.29) is 11.8 Å². The Balaban J connectivity index is 1.92. The van der Waals surface area contributed by atoms with Gasteiger partial charge in [-0.3, -0.25) is 14.5 Å². The van der Waals surface area contributed by atoms with E-state index >= 15 is 0 Å². The zero-order chi connectivity index (χ0) is 14.9. The molecule has 21 heavy (non-hydrogen) atoms. The summed E-state index contributed by atoms with van der Waals surface area (Å²) >= 11 is 0. The summed E-state index contributed by atoms with van der Waals surface area (Å²) in [5.74, 6) is -0.124. The summed E-state index contributed by atoms with van der Waals surface area (Å²) < 4.78 is 0. The van der Waals surface area contributed by atoms with Crippen molar-refractivity contribution in [1.29, 1.82) is 5.26 Å². The van der Waals surface area contributed by atoms with Crippen molar-refractivity contribution in [1.82, 2.24) is 4.90 Å². The van der Waals surface area contributed by atoms with Crippen LogP contribution >= 0.6 is 0 Å². The summed E-state index contributed by atoms with van der Waals surface area (Å²) in [4.78, 5) is 27.0. The highest BCUT2D eigenvalue weighted by molar-refractivity contribution is 6.07. The van der Waals surface area contributed by atoms with Crippen molar-refractivity contribution < 1.29 is 9.59 Å². The van der Waals surface area contributed by atoms with E-state index in [0.717, 1.165) is 57.8 Å². The highest BCUT2D eigenvalue weighted by Crippen LogP contribution is 2.48. The highest BCUT2D eigenvalue weighted by atomic mass is 16.2. The average molecular weight is 288 g/mol. The van der Waals surface area contributed by atoms with Crippen LogP contribution in [0.3, 0.4) is 0 Å². The second-order valence-corrected chi connectivity index (χ2v) is 7.11. The van der Waals surface area contributed by atoms with Crippen LogP contribution in [0.1, 0.15) is 77.0 Å². The predicted molar refractivity (Wildman–Crippen MR) is 78.0 cm³/mol. The van der Waals surface area contributed by atoms with Crippen LogP contribution in [0.5, 0.6) is 0 Å². The third-order valence-corrected chi connectivity index (χ3v) is 5.77. The molecule has 0 atom stereocenters. The number of hydrogen-bond acceptors (Lipinski definition) is 3. The van der Waals surface area contributed by atoms with Gasteiger partial charge in [-0.25, -0.2) is 0 Å². The minimum atomic E-state index is -0.856. The van der Waals surface area contributed by atoms with E-state index in [0.29, 0.717) is 19.3 Å². The van der Waals surface area contributed by atoms with Gasteiger partial charge in [-0.15, -0.1) is 0 Å². The molecule has 3 aliphatic rings. The largest absolute Gasteiger partial charge is 0.274 e. The van der Waals surface area contributed by atoms with E-state index in [1.807, 2.05) is 0 Å². The SMILES string of the molecule is N#CC1(N2C(=O)CC3(CCCCC3)C2=O)CCCCCC1. The Hall–Kier alpha value is -1.37. The number of imide groups is 1. The van der Waals surface area contributed by atoms with Crippen LogP contribution < -0.4 is 0 Å². The van der Waals surface area contributed by atoms with Crippen LogP contribution in [0, 0.1) is 16.7 Å². The zero-order valence-corrected chi connectivity index (χ0v) is 12.7. The highest BCUT2D eigenvalue weighted by Gasteiger charge is 2.57. The Morgan fingerprint density at radius 3 is 1.95 bits per heavy atom. The maximum Gasteiger partial charge on any atom is 0.237 e. The van der Waals surface area contributed by atoms with Gasteiger partial charge >= 0.3 is 0 Å². The topological polar surface area (TPSA) is 61.2 Å². The molecule has 114 valence electrons. The van der Waals surface area contributed by atoms with Crippen LogP contribution in [-0.4, -0.2) is 22.3 Å². The Kier molecular flexibility index (Phi) is 3.77. The molecule has 3 fully saturated rings. The lowest BCUT2D eigenvalue weighted by atomic mass is 9.73. The monoisotopic (exact) mass is 288 g/mol. The maximum absolute atomic E-state index is 13.0. The first kappa shape index (κ1) is 14.6. The summed E-state index contributed by atoms with van der Waals surface area (Å²) in [5.41, 5.74) is -1.32. The molecule has 4 heteroatoms. The molecule has 1 heterocycles. The lowest BCUT2D eigenvalue weighted by Gasteiger charge is -2.37. The molecule has 0 unspecified atom stereocenters. The summed E-state index contributed by atoms with van der Waals surface area (Å²) in [6, 6.07) is 2.37. The second kappa shape index (κ2) is 5.44. The second-order valence-electron chi connectivity index (χ2n) is 7.11. The van der Waals surface area contributed by atoms with Gasteiger partial charge in [0.05, 0.1) is 11.5 Å². The molecule has 2 saturated carbocycles. The quantitative estimate of drug-likeness (QED) is 0.549. The van der Waals surface area contributed by atoms with Gasteiger partial charge in [-0.1, -0.05) is 44.9 Å². The van der Waals surface area contributed by atoms with E-state index in [2.05, 4.69) is 6.07 Å². The van der Waals surface area contributed by atoms with Gasteiger partial charge in [0.15, 0.2) is 0 Å². The number of hydrogen-bond donors (Lipinski definition) is 0. The van der Waals surface area contributed by atoms with Crippen molar-refractivity contribution in [3.63, 3.8) is 0 Å². The summed E-state index contributed by atoms with van der Waals surface area (Å²) in [7, 11) is 0. The van der Waals surface area contributed by atoms with Crippen LogP contribution in [0.2, 0.25) is 0 Å². The van der Waals surface area contributed by atoms with Gasteiger partial charge in [0, 0.05) is 6.42 Å². The Labute approximate surface area is 126 Å². The molecule has 1 aliphatic heterocycles. The van der Waals surface area contributed by atoms with Crippen LogP contribution in [0.25, 0.3) is 0 Å². The van der Waals surface area contributed by atoms with Crippen molar-refractivity contribution in [2.75, 3.05) is 0 Å². The first-order chi connectivity index (χ1) is 10.1. The van der Waals surface area contributed by atoms with Gasteiger partial charge in [-0.2, -0.15) is 5.26 Å². The van der Waals surface area contributed by atoms with E-state index in [1.165, 1.54) is 4.90 Å². The number of carbonyl (C=O) groups is 2. The lowest BCUT2D eigenvalue weighted by molar-refractivity contribution is -0.147. The smallest absolute Gasteiger partial charge is 0.237 e. The molecule has 0 aromatic rings. The normalized spacial score (nSPS) is 28.4. The number of likely N-dealkylation sites (tertiary alicyclic amines) is 1. The van der Waals surface area contributed by atoms with Crippen molar-refractivity contribution in [2.24, 2.45) is 5.41 Å².